The highest BCUT2D eigenvalue weighted by atomic mass is 16.7. The molecule has 1 aliphatic heterocycles. The molecule has 1 atom stereocenters. The van der Waals surface area contributed by atoms with Crippen molar-refractivity contribution in [1.82, 2.24) is 20.1 Å². The topological polar surface area (TPSA) is 70.4 Å². The molecule has 112 valence electrons. The van der Waals surface area contributed by atoms with E-state index < -0.39 is 0 Å². The molecule has 0 fully saturated rings. The van der Waals surface area contributed by atoms with Crippen LogP contribution in [0.25, 0.3) is 0 Å². The molecule has 1 N–H and O–H groups in total. The molecule has 2 heterocycles. The van der Waals surface area contributed by atoms with Crippen molar-refractivity contribution < 1.29 is 14.2 Å². The van der Waals surface area contributed by atoms with Crippen molar-refractivity contribution in [3.63, 3.8) is 0 Å². The van der Waals surface area contributed by atoms with Gasteiger partial charge in [0.1, 0.15) is 12.2 Å². The van der Waals surface area contributed by atoms with Crippen molar-refractivity contribution in [3.8, 4) is 17.2 Å². The van der Waals surface area contributed by atoms with E-state index in [0.717, 1.165) is 17.1 Å². The van der Waals surface area contributed by atoms with Crippen LogP contribution in [0.2, 0.25) is 0 Å². The van der Waals surface area contributed by atoms with Gasteiger partial charge >= 0.3 is 0 Å². The maximum Gasteiger partial charge on any atom is 0.231 e. The molecule has 0 bridgehead atoms. The minimum absolute atomic E-state index is 0.0916. The van der Waals surface area contributed by atoms with Crippen molar-refractivity contribution in [2.75, 3.05) is 13.9 Å². The minimum atomic E-state index is 0.0916. The summed E-state index contributed by atoms with van der Waals surface area (Å²) in [4.78, 5) is 0. The summed E-state index contributed by atoms with van der Waals surface area (Å²) in [6.45, 7) is 2.95. The fourth-order valence-corrected chi connectivity index (χ4v) is 2.33. The lowest BCUT2D eigenvalue weighted by molar-refractivity contribution is 0.171. The third-order valence-electron chi connectivity index (χ3n) is 3.46. The lowest BCUT2D eigenvalue weighted by Gasteiger charge is -2.14. The van der Waals surface area contributed by atoms with Crippen molar-refractivity contribution in [3.05, 3.63) is 29.8 Å². The van der Waals surface area contributed by atoms with Crippen molar-refractivity contribution in [2.24, 2.45) is 7.05 Å². The van der Waals surface area contributed by atoms with E-state index >= 15 is 0 Å². The number of methoxy groups -OCH3 is 1. The van der Waals surface area contributed by atoms with Crippen LogP contribution in [0.15, 0.2) is 18.5 Å². The van der Waals surface area contributed by atoms with E-state index in [2.05, 4.69) is 15.5 Å². The second-order valence-corrected chi connectivity index (χ2v) is 4.93. The Morgan fingerprint density at radius 2 is 2.29 bits per heavy atom. The molecule has 1 aromatic heterocycles. The first-order chi connectivity index (χ1) is 10.2. The second-order valence-electron chi connectivity index (χ2n) is 4.93. The fraction of sp³-hybridized carbons (Fsp3) is 0.429. The van der Waals surface area contributed by atoms with Gasteiger partial charge in [-0.05, 0) is 24.6 Å². The summed E-state index contributed by atoms with van der Waals surface area (Å²) in [5, 5.41) is 11.4. The van der Waals surface area contributed by atoms with E-state index in [4.69, 9.17) is 14.2 Å². The molecule has 0 amide bonds. The van der Waals surface area contributed by atoms with Gasteiger partial charge in [-0.1, -0.05) is 0 Å². The molecular formula is C14H18N4O3. The lowest BCUT2D eigenvalue weighted by Crippen LogP contribution is -2.21. The summed E-state index contributed by atoms with van der Waals surface area (Å²) in [6, 6.07) is 4.00. The van der Waals surface area contributed by atoms with Crippen molar-refractivity contribution in [1.29, 1.82) is 0 Å². The third-order valence-corrected chi connectivity index (χ3v) is 3.46. The van der Waals surface area contributed by atoms with E-state index in [-0.39, 0.29) is 12.8 Å². The number of nitrogens with zero attached hydrogens (tertiary/aromatic N) is 3. The monoisotopic (exact) mass is 290 g/mol. The normalized spacial score (nSPS) is 14.2. The maximum atomic E-state index is 5.42. The van der Waals surface area contributed by atoms with Crippen LogP contribution in [0.4, 0.5) is 0 Å². The van der Waals surface area contributed by atoms with E-state index in [1.165, 1.54) is 0 Å². The first-order valence-corrected chi connectivity index (χ1v) is 6.73. The molecule has 0 saturated carbocycles. The number of benzene rings is 1. The van der Waals surface area contributed by atoms with Gasteiger partial charge in [-0.15, -0.1) is 10.2 Å². The number of aromatic nitrogens is 3. The summed E-state index contributed by atoms with van der Waals surface area (Å²) in [6.07, 6.45) is 1.69. The number of aryl methyl sites for hydroxylation is 1. The largest absolute Gasteiger partial charge is 0.493 e. The van der Waals surface area contributed by atoms with E-state index in [9.17, 15) is 0 Å². The van der Waals surface area contributed by atoms with Crippen LogP contribution in [0.5, 0.6) is 17.2 Å². The molecule has 21 heavy (non-hydrogen) atoms. The number of rotatable bonds is 5. The smallest absolute Gasteiger partial charge is 0.231 e. The summed E-state index contributed by atoms with van der Waals surface area (Å²) < 4.78 is 18.0. The Morgan fingerprint density at radius 1 is 1.43 bits per heavy atom. The van der Waals surface area contributed by atoms with Crippen LogP contribution in [0.3, 0.4) is 0 Å². The standard InChI is InChI=1S/C14H18N4O3/c1-9(14-17-16-7-18(14)2)15-6-10-4-11(19-3)13-12(5-10)20-8-21-13/h4-5,7,9,15H,6,8H2,1-3H3. The zero-order valence-corrected chi connectivity index (χ0v) is 12.3. The predicted molar refractivity (Wildman–Crippen MR) is 75.4 cm³/mol. The summed E-state index contributed by atoms with van der Waals surface area (Å²) >= 11 is 0. The second kappa shape index (κ2) is 5.61. The molecule has 2 aromatic rings. The molecule has 1 aromatic carbocycles. The minimum Gasteiger partial charge on any atom is -0.493 e. The molecule has 0 saturated heterocycles. The third kappa shape index (κ3) is 2.64. The first-order valence-electron chi connectivity index (χ1n) is 6.73. The van der Waals surface area contributed by atoms with Gasteiger partial charge in [0.25, 0.3) is 0 Å². The number of hydrogen-bond acceptors (Lipinski definition) is 6. The number of fused-ring (bicyclic) bond motifs is 1. The van der Waals surface area contributed by atoms with Gasteiger partial charge in [-0.2, -0.15) is 0 Å². The Kier molecular flexibility index (Phi) is 3.66. The van der Waals surface area contributed by atoms with Gasteiger partial charge < -0.3 is 24.1 Å². The van der Waals surface area contributed by atoms with Crippen LogP contribution < -0.4 is 19.5 Å². The fourth-order valence-electron chi connectivity index (χ4n) is 2.33. The Labute approximate surface area is 122 Å². The molecule has 1 unspecified atom stereocenters. The first kappa shape index (κ1) is 13.7. The van der Waals surface area contributed by atoms with E-state index in [0.29, 0.717) is 18.0 Å². The highest BCUT2D eigenvalue weighted by Crippen LogP contribution is 2.41. The van der Waals surface area contributed by atoms with E-state index in [1.807, 2.05) is 30.7 Å². The van der Waals surface area contributed by atoms with Crippen LogP contribution in [0.1, 0.15) is 24.4 Å². The Hall–Kier alpha value is -2.28. The highest BCUT2D eigenvalue weighted by Gasteiger charge is 2.20. The molecule has 7 nitrogen and oxygen atoms in total. The van der Waals surface area contributed by atoms with Gasteiger partial charge in [0, 0.05) is 13.6 Å². The van der Waals surface area contributed by atoms with Gasteiger partial charge in [-0.25, -0.2) is 0 Å². The molecule has 1 aliphatic rings. The van der Waals surface area contributed by atoms with Gasteiger partial charge in [0.2, 0.25) is 12.5 Å². The zero-order chi connectivity index (χ0) is 14.8. The molecular weight excluding hydrogens is 272 g/mol. The summed E-state index contributed by atoms with van der Waals surface area (Å²) in [5.74, 6) is 2.97. The van der Waals surface area contributed by atoms with Gasteiger partial charge in [-0.3, -0.25) is 0 Å². The number of hydrogen-bond donors (Lipinski definition) is 1. The average molecular weight is 290 g/mol. The Bertz CT molecular complexity index is 641. The molecule has 0 aliphatic carbocycles. The SMILES string of the molecule is COc1cc(CNC(C)c2nncn2C)cc2c1OCO2. The quantitative estimate of drug-likeness (QED) is 0.897. The van der Waals surface area contributed by atoms with Crippen LogP contribution in [0, 0.1) is 0 Å². The zero-order valence-electron chi connectivity index (χ0n) is 12.3. The summed E-state index contributed by atoms with van der Waals surface area (Å²) in [7, 11) is 3.55. The van der Waals surface area contributed by atoms with Gasteiger partial charge in [0.15, 0.2) is 11.5 Å². The molecule has 0 radical (unpaired) electrons. The number of nitrogens with one attached hydrogen (secondary N) is 1. The summed E-state index contributed by atoms with van der Waals surface area (Å²) in [5.41, 5.74) is 1.06. The molecule has 0 spiro atoms. The molecule has 7 heteroatoms. The van der Waals surface area contributed by atoms with E-state index in [1.54, 1.807) is 13.4 Å². The van der Waals surface area contributed by atoms with Gasteiger partial charge in [0.05, 0.1) is 13.2 Å². The predicted octanol–water partition coefficient (Wildman–Crippen LogP) is 1.40. The van der Waals surface area contributed by atoms with Crippen molar-refractivity contribution in [2.45, 2.75) is 19.5 Å². The molecule has 3 rings (SSSR count). The lowest BCUT2D eigenvalue weighted by atomic mass is 10.1. The Balaban J connectivity index is 1.72. The average Bonchev–Trinajstić information content (AvgIpc) is 3.12. The van der Waals surface area contributed by atoms with Crippen molar-refractivity contribution >= 4 is 0 Å². The van der Waals surface area contributed by atoms with Crippen LogP contribution in [-0.4, -0.2) is 28.7 Å². The van der Waals surface area contributed by atoms with Crippen LogP contribution in [-0.2, 0) is 13.6 Å². The highest BCUT2D eigenvalue weighted by molar-refractivity contribution is 5.55. The maximum absolute atomic E-state index is 5.42. The number of ether oxygens (including phenoxy) is 3. The Morgan fingerprint density at radius 3 is 3.00 bits per heavy atom. The van der Waals surface area contributed by atoms with Crippen LogP contribution >= 0.6 is 0 Å².